The van der Waals surface area contributed by atoms with E-state index in [-0.39, 0.29) is 25.3 Å². The molecule has 2 atom stereocenters. The number of nitrogens with one attached hydrogen (secondary N) is 2. The van der Waals surface area contributed by atoms with Crippen molar-refractivity contribution in [2.75, 3.05) is 36.2 Å². The van der Waals surface area contributed by atoms with Gasteiger partial charge < -0.3 is 15.4 Å². The molecule has 1 aromatic rings. The molecule has 1 aliphatic carbocycles. The molecule has 3 amide bonds. The van der Waals surface area contributed by atoms with E-state index >= 15 is 0 Å². The summed E-state index contributed by atoms with van der Waals surface area (Å²) >= 11 is 3.29. The zero-order chi connectivity index (χ0) is 29.2. The van der Waals surface area contributed by atoms with Gasteiger partial charge in [0.15, 0.2) is 0 Å². The standard InChI is InChI=1S/C31H48N4O4S2.CH4/c1-31(2,3)39-30(38)35-22-41-21-27(35)29(37)33-26(20-40-19-24-12-8-5-9-13-24)28(36)32-25-14-16-34(17-15-25)18-23-10-6-4-7-11-23;/h4,6-7,10-11,24-27H,5,8-9,12-22H2,1-3H3,(H,32,36)(H,33,37);1H4/t26-,27-;/m0./s1. The van der Waals surface area contributed by atoms with E-state index in [9.17, 15) is 14.4 Å². The Kier molecular flexibility index (Phi) is 13.8. The molecule has 3 aliphatic rings. The van der Waals surface area contributed by atoms with E-state index in [2.05, 4.69) is 39.8 Å². The van der Waals surface area contributed by atoms with Crippen LogP contribution in [0.1, 0.15) is 78.7 Å². The topological polar surface area (TPSA) is 91.0 Å². The van der Waals surface area contributed by atoms with Gasteiger partial charge in [0.2, 0.25) is 11.8 Å². The third-order valence-corrected chi connectivity index (χ3v) is 10.3. The van der Waals surface area contributed by atoms with Crippen LogP contribution >= 0.6 is 23.5 Å². The van der Waals surface area contributed by atoms with Crippen LogP contribution in [0.15, 0.2) is 30.3 Å². The molecule has 10 heteroatoms. The Morgan fingerprint density at radius 3 is 2.40 bits per heavy atom. The third-order valence-electron chi connectivity index (χ3n) is 7.99. The van der Waals surface area contributed by atoms with Crippen molar-refractivity contribution < 1.29 is 19.1 Å². The molecule has 4 rings (SSSR count). The average molecular weight is 621 g/mol. The second kappa shape index (κ2) is 16.8. The summed E-state index contributed by atoms with van der Waals surface area (Å²) in [6.07, 6.45) is 7.69. The molecule has 2 saturated heterocycles. The molecule has 42 heavy (non-hydrogen) atoms. The number of benzene rings is 1. The first-order valence-electron chi connectivity index (χ1n) is 15.2. The fraction of sp³-hybridized carbons (Fsp3) is 0.719. The molecule has 2 aliphatic heterocycles. The minimum Gasteiger partial charge on any atom is -0.444 e. The molecule has 0 bridgehead atoms. The van der Waals surface area contributed by atoms with Gasteiger partial charge in [0.1, 0.15) is 17.7 Å². The van der Waals surface area contributed by atoms with Crippen LogP contribution in [0.2, 0.25) is 0 Å². The average Bonchev–Trinajstić information content (AvgIpc) is 3.44. The highest BCUT2D eigenvalue weighted by atomic mass is 32.2. The van der Waals surface area contributed by atoms with Crippen LogP contribution in [0.25, 0.3) is 0 Å². The Balaban J connectivity index is 0.00000484. The van der Waals surface area contributed by atoms with Crippen LogP contribution in [0, 0.1) is 5.92 Å². The van der Waals surface area contributed by atoms with Gasteiger partial charge in [0.25, 0.3) is 0 Å². The molecular formula is C32H52N4O4S2. The molecule has 2 N–H and O–H groups in total. The highest BCUT2D eigenvalue weighted by molar-refractivity contribution is 7.99. The number of ether oxygens (including phenoxy) is 1. The highest BCUT2D eigenvalue weighted by Crippen LogP contribution is 2.27. The lowest BCUT2D eigenvalue weighted by molar-refractivity contribution is -0.131. The monoisotopic (exact) mass is 620 g/mol. The maximum atomic E-state index is 13.6. The molecule has 8 nitrogen and oxygen atoms in total. The largest absolute Gasteiger partial charge is 0.444 e. The predicted molar refractivity (Wildman–Crippen MR) is 175 cm³/mol. The van der Waals surface area contributed by atoms with E-state index in [1.807, 2.05) is 26.8 Å². The zero-order valence-electron chi connectivity index (χ0n) is 24.9. The number of amides is 3. The molecule has 1 saturated carbocycles. The Bertz CT molecular complexity index is 992. The number of hydrogen-bond donors (Lipinski definition) is 2. The summed E-state index contributed by atoms with van der Waals surface area (Å²) in [6, 6.07) is 9.30. The van der Waals surface area contributed by atoms with Crippen molar-refractivity contribution in [1.29, 1.82) is 0 Å². The van der Waals surface area contributed by atoms with Crippen LogP contribution in [-0.4, -0.2) is 87.7 Å². The molecule has 3 fully saturated rings. The molecular weight excluding hydrogens is 569 g/mol. The molecule has 0 radical (unpaired) electrons. The summed E-state index contributed by atoms with van der Waals surface area (Å²) in [7, 11) is 0. The van der Waals surface area contributed by atoms with E-state index in [0.29, 0.717) is 23.3 Å². The molecule has 0 spiro atoms. The summed E-state index contributed by atoms with van der Waals surface area (Å²) in [5, 5.41) is 6.28. The normalized spacial score (nSPS) is 21.3. The van der Waals surface area contributed by atoms with Gasteiger partial charge in [-0.25, -0.2) is 4.79 Å². The van der Waals surface area contributed by atoms with Crippen molar-refractivity contribution in [3.05, 3.63) is 35.9 Å². The van der Waals surface area contributed by atoms with Crippen molar-refractivity contribution in [2.24, 2.45) is 5.92 Å². The number of carbonyl (C=O) groups is 3. The van der Waals surface area contributed by atoms with Crippen molar-refractivity contribution in [3.63, 3.8) is 0 Å². The number of carbonyl (C=O) groups excluding carboxylic acids is 3. The van der Waals surface area contributed by atoms with E-state index in [1.54, 1.807) is 11.8 Å². The van der Waals surface area contributed by atoms with Gasteiger partial charge in [-0.15, -0.1) is 11.8 Å². The predicted octanol–water partition coefficient (Wildman–Crippen LogP) is 5.51. The summed E-state index contributed by atoms with van der Waals surface area (Å²) in [4.78, 5) is 43.7. The van der Waals surface area contributed by atoms with Crippen LogP contribution in [0.4, 0.5) is 4.79 Å². The van der Waals surface area contributed by atoms with Crippen LogP contribution in [-0.2, 0) is 20.9 Å². The summed E-state index contributed by atoms with van der Waals surface area (Å²) < 4.78 is 5.54. The Morgan fingerprint density at radius 1 is 1.05 bits per heavy atom. The third kappa shape index (κ3) is 11.0. The summed E-state index contributed by atoms with van der Waals surface area (Å²) in [5.41, 5.74) is 0.665. The molecule has 0 unspecified atom stereocenters. The van der Waals surface area contributed by atoms with E-state index in [1.165, 1.54) is 54.3 Å². The first-order valence-corrected chi connectivity index (χ1v) is 17.5. The quantitative estimate of drug-likeness (QED) is 0.357. The minimum absolute atomic E-state index is 0. The van der Waals surface area contributed by atoms with Gasteiger partial charge in [0.05, 0.1) is 5.88 Å². The highest BCUT2D eigenvalue weighted by Gasteiger charge is 2.39. The van der Waals surface area contributed by atoms with E-state index < -0.39 is 23.8 Å². The Hall–Kier alpha value is -1.91. The van der Waals surface area contributed by atoms with E-state index in [0.717, 1.165) is 38.2 Å². The van der Waals surface area contributed by atoms with Gasteiger partial charge in [-0.2, -0.15) is 11.8 Å². The number of piperidine rings is 1. The van der Waals surface area contributed by atoms with Gasteiger partial charge in [-0.1, -0.05) is 57.0 Å². The molecule has 1 aromatic carbocycles. The molecule has 0 aromatic heterocycles. The maximum absolute atomic E-state index is 13.6. The number of likely N-dealkylation sites (tertiary alicyclic amines) is 1. The second-order valence-corrected chi connectivity index (χ2v) is 14.7. The lowest BCUT2D eigenvalue weighted by atomic mass is 9.91. The fourth-order valence-electron chi connectivity index (χ4n) is 5.70. The first-order chi connectivity index (χ1) is 19.7. The van der Waals surface area contributed by atoms with Gasteiger partial charge in [-0.05, 0) is 63.7 Å². The Morgan fingerprint density at radius 2 is 1.74 bits per heavy atom. The van der Waals surface area contributed by atoms with Gasteiger partial charge in [-0.3, -0.25) is 19.4 Å². The zero-order valence-corrected chi connectivity index (χ0v) is 26.6. The molecule has 236 valence electrons. The van der Waals surface area contributed by atoms with Crippen molar-refractivity contribution in [1.82, 2.24) is 20.4 Å². The van der Waals surface area contributed by atoms with Crippen molar-refractivity contribution >= 4 is 41.4 Å². The van der Waals surface area contributed by atoms with E-state index in [4.69, 9.17) is 4.74 Å². The van der Waals surface area contributed by atoms with Gasteiger partial charge >= 0.3 is 6.09 Å². The Labute approximate surface area is 261 Å². The van der Waals surface area contributed by atoms with Crippen molar-refractivity contribution in [3.8, 4) is 0 Å². The van der Waals surface area contributed by atoms with Crippen LogP contribution in [0.5, 0.6) is 0 Å². The number of hydrogen-bond acceptors (Lipinski definition) is 7. The van der Waals surface area contributed by atoms with Gasteiger partial charge in [0, 0.05) is 37.2 Å². The number of thioether (sulfide) groups is 2. The minimum atomic E-state index is -0.644. The van der Waals surface area contributed by atoms with Crippen LogP contribution < -0.4 is 10.6 Å². The number of nitrogens with zero attached hydrogens (tertiary/aromatic N) is 2. The smallest absolute Gasteiger partial charge is 0.411 e. The summed E-state index contributed by atoms with van der Waals surface area (Å²) in [6.45, 7) is 8.23. The second-order valence-electron chi connectivity index (χ2n) is 12.6. The summed E-state index contributed by atoms with van der Waals surface area (Å²) in [5.74, 6) is 2.74. The molecule has 2 heterocycles. The SMILES string of the molecule is C.CC(C)(C)OC(=O)N1CSC[C@H]1C(=O)N[C@@H](CSCC1CCCCC1)C(=O)NC1CCN(Cc2ccccc2)CC1. The fourth-order valence-corrected chi connectivity index (χ4v) is 8.11. The lowest BCUT2D eigenvalue weighted by Crippen LogP contribution is -2.57. The number of rotatable bonds is 10. The maximum Gasteiger partial charge on any atom is 0.411 e. The first kappa shape index (κ1) is 34.6. The van der Waals surface area contributed by atoms with Crippen molar-refractivity contribution in [2.45, 2.75) is 103 Å². The lowest BCUT2D eigenvalue weighted by Gasteiger charge is -2.33. The van der Waals surface area contributed by atoms with Crippen LogP contribution in [0.3, 0.4) is 0 Å².